The van der Waals surface area contributed by atoms with Gasteiger partial charge < -0.3 is 5.32 Å². The van der Waals surface area contributed by atoms with Crippen molar-refractivity contribution >= 4 is 5.91 Å². The molecule has 6 heteroatoms. The number of nitrogens with zero attached hydrogens (tertiary/aromatic N) is 4. The summed E-state index contributed by atoms with van der Waals surface area (Å²) in [5.74, 6) is -0.141. The molecule has 0 fully saturated rings. The predicted octanol–water partition coefficient (Wildman–Crippen LogP) is 3.49. The number of amides is 1. The van der Waals surface area contributed by atoms with E-state index in [2.05, 4.69) is 33.0 Å². The minimum atomic E-state index is -0.228. The van der Waals surface area contributed by atoms with Gasteiger partial charge in [0.15, 0.2) is 0 Å². The molecule has 1 N–H and O–H groups in total. The minimum Gasteiger partial charge on any atom is -0.341 e. The lowest BCUT2D eigenvalue weighted by molar-refractivity contribution is 0.0943. The van der Waals surface area contributed by atoms with Crippen molar-refractivity contribution in [3.05, 3.63) is 107 Å². The van der Waals surface area contributed by atoms with Gasteiger partial charge in [-0.15, -0.1) is 5.10 Å². The van der Waals surface area contributed by atoms with E-state index >= 15 is 0 Å². The number of benzene rings is 3. The Morgan fingerprint density at radius 2 is 1.57 bits per heavy atom. The average molecular weight is 369 g/mol. The van der Waals surface area contributed by atoms with Gasteiger partial charge in [-0.25, -0.2) is 4.68 Å². The third-order valence-corrected chi connectivity index (χ3v) is 4.56. The number of hydrogen-bond donors (Lipinski definition) is 1. The van der Waals surface area contributed by atoms with E-state index in [1.165, 1.54) is 11.9 Å². The quantitative estimate of drug-likeness (QED) is 0.584. The summed E-state index contributed by atoms with van der Waals surface area (Å²) in [6, 6.07) is 25.1. The van der Waals surface area contributed by atoms with Gasteiger partial charge in [-0.1, -0.05) is 60.2 Å². The highest BCUT2D eigenvalue weighted by atomic mass is 16.1. The fraction of sp³-hybridized carbons (Fsp3) is 0.0909. The number of hydrogen-bond acceptors (Lipinski definition) is 4. The van der Waals surface area contributed by atoms with Crippen LogP contribution in [0, 0.1) is 6.92 Å². The summed E-state index contributed by atoms with van der Waals surface area (Å²) < 4.78 is 1.54. The number of rotatable bonds is 5. The van der Waals surface area contributed by atoms with E-state index in [0.717, 1.165) is 16.8 Å². The smallest absolute Gasteiger partial charge is 0.252 e. The second-order valence-corrected chi connectivity index (χ2v) is 6.53. The summed E-state index contributed by atoms with van der Waals surface area (Å²) >= 11 is 0. The van der Waals surface area contributed by atoms with E-state index < -0.39 is 0 Å². The lowest BCUT2D eigenvalue weighted by atomic mass is 9.97. The zero-order chi connectivity index (χ0) is 19.3. The molecule has 0 radical (unpaired) electrons. The normalized spacial score (nSPS) is 11.8. The monoisotopic (exact) mass is 369 g/mol. The molecule has 1 aromatic heterocycles. The van der Waals surface area contributed by atoms with E-state index in [1.807, 2.05) is 61.5 Å². The molecule has 138 valence electrons. The van der Waals surface area contributed by atoms with Gasteiger partial charge in [0, 0.05) is 5.56 Å². The Bertz CT molecular complexity index is 1040. The van der Waals surface area contributed by atoms with Gasteiger partial charge in [0.25, 0.3) is 5.91 Å². The van der Waals surface area contributed by atoms with Crippen molar-refractivity contribution < 1.29 is 4.79 Å². The molecule has 1 unspecified atom stereocenters. The maximum Gasteiger partial charge on any atom is 0.252 e. The molecule has 1 amide bonds. The molecule has 0 saturated carbocycles. The summed E-state index contributed by atoms with van der Waals surface area (Å²) in [5.41, 5.74) is 4.62. The first-order valence-electron chi connectivity index (χ1n) is 8.96. The van der Waals surface area contributed by atoms with Gasteiger partial charge in [-0.2, -0.15) is 0 Å². The fourth-order valence-corrected chi connectivity index (χ4v) is 3.02. The first kappa shape index (κ1) is 17.6. The molecular formula is C22H19N5O. The molecule has 4 rings (SSSR count). The highest BCUT2D eigenvalue weighted by Crippen LogP contribution is 2.23. The van der Waals surface area contributed by atoms with E-state index in [0.29, 0.717) is 5.56 Å². The molecule has 3 aromatic carbocycles. The number of tetrazole rings is 1. The Hall–Kier alpha value is -3.80. The molecule has 1 heterocycles. The van der Waals surface area contributed by atoms with Crippen molar-refractivity contribution in [2.24, 2.45) is 0 Å². The molecule has 28 heavy (non-hydrogen) atoms. The van der Waals surface area contributed by atoms with Crippen molar-refractivity contribution in [1.82, 2.24) is 25.5 Å². The molecule has 1 atom stereocenters. The molecule has 6 nitrogen and oxygen atoms in total. The predicted molar refractivity (Wildman–Crippen MR) is 106 cm³/mol. The Kier molecular flexibility index (Phi) is 4.93. The SMILES string of the molecule is Cc1ccc(C(NC(=O)c2ccc(-n3cnnn3)cc2)c2ccccc2)cc1. The van der Waals surface area contributed by atoms with Crippen LogP contribution in [-0.2, 0) is 0 Å². The minimum absolute atomic E-state index is 0.141. The van der Waals surface area contributed by atoms with Crippen LogP contribution in [0.4, 0.5) is 0 Å². The van der Waals surface area contributed by atoms with Crippen molar-refractivity contribution in [2.75, 3.05) is 0 Å². The second-order valence-electron chi connectivity index (χ2n) is 6.53. The van der Waals surface area contributed by atoms with Crippen LogP contribution < -0.4 is 5.32 Å². The second kappa shape index (κ2) is 7.84. The van der Waals surface area contributed by atoms with Gasteiger partial charge in [0.05, 0.1) is 11.7 Å². The largest absolute Gasteiger partial charge is 0.341 e. The van der Waals surface area contributed by atoms with Crippen LogP contribution in [0.5, 0.6) is 0 Å². The molecule has 4 aromatic rings. The lowest BCUT2D eigenvalue weighted by Gasteiger charge is -2.20. The van der Waals surface area contributed by atoms with Crippen molar-refractivity contribution in [3.8, 4) is 5.69 Å². The Labute approximate surface area is 162 Å². The summed E-state index contributed by atoms with van der Waals surface area (Å²) in [6.07, 6.45) is 1.51. The highest BCUT2D eigenvalue weighted by molar-refractivity contribution is 5.94. The third-order valence-electron chi connectivity index (χ3n) is 4.56. The fourth-order valence-electron chi connectivity index (χ4n) is 3.02. The van der Waals surface area contributed by atoms with Crippen LogP contribution in [0.25, 0.3) is 5.69 Å². The average Bonchev–Trinajstić information content (AvgIpc) is 3.28. The summed E-state index contributed by atoms with van der Waals surface area (Å²) in [4.78, 5) is 12.9. The van der Waals surface area contributed by atoms with Gasteiger partial charge >= 0.3 is 0 Å². The standard InChI is InChI=1S/C22H19N5O/c1-16-7-9-18(10-8-16)21(17-5-3-2-4-6-17)24-22(28)19-11-13-20(14-12-19)27-15-23-25-26-27/h2-15,21H,1H3,(H,24,28). The van der Waals surface area contributed by atoms with Crippen LogP contribution in [0.2, 0.25) is 0 Å². The van der Waals surface area contributed by atoms with Gasteiger partial charge in [0.1, 0.15) is 6.33 Å². The lowest BCUT2D eigenvalue weighted by Crippen LogP contribution is -2.29. The summed E-state index contributed by atoms with van der Waals surface area (Å²) in [7, 11) is 0. The number of nitrogens with one attached hydrogen (secondary N) is 1. The molecule has 0 spiro atoms. The van der Waals surface area contributed by atoms with E-state index in [1.54, 1.807) is 16.8 Å². The van der Waals surface area contributed by atoms with Crippen LogP contribution in [0.1, 0.15) is 33.1 Å². The molecule has 0 saturated heterocycles. The first-order chi connectivity index (χ1) is 13.7. The maximum absolute atomic E-state index is 12.9. The summed E-state index contributed by atoms with van der Waals surface area (Å²) in [6.45, 7) is 2.05. The Balaban J connectivity index is 1.59. The number of carbonyl (C=O) groups is 1. The van der Waals surface area contributed by atoms with Crippen molar-refractivity contribution in [2.45, 2.75) is 13.0 Å². The maximum atomic E-state index is 12.9. The summed E-state index contributed by atoms with van der Waals surface area (Å²) in [5, 5.41) is 14.2. The molecule has 0 aliphatic heterocycles. The van der Waals surface area contributed by atoms with Gasteiger partial charge in [-0.3, -0.25) is 4.79 Å². The van der Waals surface area contributed by atoms with Crippen LogP contribution >= 0.6 is 0 Å². The Morgan fingerprint density at radius 1 is 0.893 bits per heavy atom. The van der Waals surface area contributed by atoms with Crippen LogP contribution in [-0.4, -0.2) is 26.1 Å². The van der Waals surface area contributed by atoms with E-state index in [9.17, 15) is 4.79 Å². The van der Waals surface area contributed by atoms with E-state index in [-0.39, 0.29) is 11.9 Å². The van der Waals surface area contributed by atoms with Crippen molar-refractivity contribution in [1.29, 1.82) is 0 Å². The number of aromatic nitrogens is 4. The molecule has 0 aliphatic carbocycles. The molecule has 0 bridgehead atoms. The molecule has 0 aliphatic rings. The van der Waals surface area contributed by atoms with Crippen LogP contribution in [0.15, 0.2) is 85.2 Å². The first-order valence-corrected chi connectivity index (χ1v) is 8.96. The highest BCUT2D eigenvalue weighted by Gasteiger charge is 2.17. The zero-order valence-corrected chi connectivity index (χ0v) is 15.4. The van der Waals surface area contributed by atoms with E-state index in [4.69, 9.17) is 0 Å². The number of carbonyl (C=O) groups excluding carboxylic acids is 1. The Morgan fingerprint density at radius 3 is 2.21 bits per heavy atom. The van der Waals surface area contributed by atoms with Crippen molar-refractivity contribution in [3.63, 3.8) is 0 Å². The number of aryl methyl sites for hydroxylation is 1. The van der Waals surface area contributed by atoms with Crippen LogP contribution in [0.3, 0.4) is 0 Å². The third kappa shape index (κ3) is 3.81. The van der Waals surface area contributed by atoms with Gasteiger partial charge in [-0.05, 0) is 52.7 Å². The van der Waals surface area contributed by atoms with Gasteiger partial charge in [0.2, 0.25) is 0 Å². The topological polar surface area (TPSA) is 72.7 Å². The molecular weight excluding hydrogens is 350 g/mol. The zero-order valence-electron chi connectivity index (χ0n) is 15.4.